The van der Waals surface area contributed by atoms with Crippen molar-refractivity contribution in [1.82, 2.24) is 30.2 Å². The van der Waals surface area contributed by atoms with Gasteiger partial charge in [0.2, 0.25) is 0 Å². The molecular weight excluding hydrogens is 458 g/mol. The average Bonchev–Trinajstić information content (AvgIpc) is 3.50. The Bertz CT molecular complexity index is 1400. The highest BCUT2D eigenvalue weighted by atomic mass is 32.2. The highest BCUT2D eigenvalue weighted by molar-refractivity contribution is 7.99. The molecule has 1 saturated carbocycles. The van der Waals surface area contributed by atoms with Crippen LogP contribution < -0.4 is 10.2 Å². The second-order valence-electron chi connectivity index (χ2n) is 10.00. The number of hydrogen-bond donors (Lipinski definition) is 3. The van der Waals surface area contributed by atoms with Crippen LogP contribution in [0.2, 0.25) is 0 Å². The molecule has 3 N–H and O–H groups in total. The maximum atomic E-state index is 11.2. The van der Waals surface area contributed by atoms with Crippen LogP contribution in [0.15, 0.2) is 30.7 Å². The molecule has 8 nitrogen and oxygen atoms in total. The van der Waals surface area contributed by atoms with Crippen molar-refractivity contribution in [2.24, 2.45) is 0 Å². The van der Waals surface area contributed by atoms with Gasteiger partial charge in [-0.1, -0.05) is 6.42 Å². The third-order valence-electron chi connectivity index (χ3n) is 7.85. The van der Waals surface area contributed by atoms with Crippen molar-refractivity contribution in [3.05, 3.63) is 42.0 Å². The first-order valence-corrected chi connectivity index (χ1v) is 13.8. The minimum atomic E-state index is -0.833. The van der Waals surface area contributed by atoms with Gasteiger partial charge in [-0.25, -0.2) is 15.0 Å². The lowest BCUT2D eigenvalue weighted by molar-refractivity contribution is 0.0619. The predicted molar refractivity (Wildman–Crippen MR) is 140 cm³/mol. The van der Waals surface area contributed by atoms with Crippen molar-refractivity contribution in [2.75, 3.05) is 42.6 Å². The summed E-state index contributed by atoms with van der Waals surface area (Å²) >= 11 is 1.78. The number of thioether (sulfide) groups is 1. The van der Waals surface area contributed by atoms with Gasteiger partial charge in [-0.05, 0) is 48.6 Å². The second kappa shape index (κ2) is 8.43. The van der Waals surface area contributed by atoms with Crippen LogP contribution in [0.3, 0.4) is 0 Å². The van der Waals surface area contributed by atoms with Crippen LogP contribution in [-0.2, 0) is 5.60 Å². The number of piperazine rings is 1. The first kappa shape index (κ1) is 21.5. The quantitative estimate of drug-likeness (QED) is 0.402. The van der Waals surface area contributed by atoms with Crippen molar-refractivity contribution in [3.63, 3.8) is 0 Å². The molecule has 4 aromatic heterocycles. The first-order chi connectivity index (χ1) is 17.2. The normalized spacial score (nSPS) is 23.3. The van der Waals surface area contributed by atoms with E-state index in [1.54, 1.807) is 18.0 Å². The number of pyridine rings is 2. The summed E-state index contributed by atoms with van der Waals surface area (Å²) in [6.45, 7) is 3.73. The standard InChI is InChI=1S/C26H29N7OS/c34-26(5-11-35-15-26)21-12-18-17(4-6-29-23(18)31-21)24-30-20-14-28-13-19(16-2-1-3-16)22(20)25(32-24)33-9-7-27-8-10-33/h4,6,12-14,16,27,34H,1-3,5,7-11,15H2,(H,29,31). The van der Waals surface area contributed by atoms with Gasteiger partial charge >= 0.3 is 0 Å². The van der Waals surface area contributed by atoms with E-state index in [2.05, 4.69) is 25.2 Å². The van der Waals surface area contributed by atoms with Crippen LogP contribution in [0.25, 0.3) is 33.3 Å². The van der Waals surface area contributed by atoms with E-state index in [1.807, 2.05) is 24.5 Å². The smallest absolute Gasteiger partial charge is 0.163 e. The Morgan fingerprint density at radius 3 is 2.80 bits per heavy atom. The molecule has 0 aromatic carbocycles. The van der Waals surface area contributed by atoms with Crippen LogP contribution >= 0.6 is 11.8 Å². The molecular formula is C26H29N7OS. The van der Waals surface area contributed by atoms with Gasteiger partial charge in [-0.3, -0.25) is 4.98 Å². The largest absolute Gasteiger partial charge is 0.383 e. The Morgan fingerprint density at radius 1 is 1.14 bits per heavy atom. The lowest BCUT2D eigenvalue weighted by Crippen LogP contribution is -2.44. The summed E-state index contributed by atoms with van der Waals surface area (Å²) in [6, 6.07) is 4.03. The van der Waals surface area contributed by atoms with Crippen molar-refractivity contribution in [2.45, 2.75) is 37.2 Å². The number of fused-ring (bicyclic) bond motifs is 2. The number of aliphatic hydroxyl groups is 1. The number of nitrogens with zero attached hydrogens (tertiary/aromatic N) is 5. The fraction of sp³-hybridized carbons (Fsp3) is 0.462. The molecule has 1 atom stereocenters. The highest BCUT2D eigenvalue weighted by Crippen LogP contribution is 2.43. The molecule has 7 rings (SSSR count). The van der Waals surface area contributed by atoms with Gasteiger partial charge in [0.05, 0.1) is 17.4 Å². The van der Waals surface area contributed by atoms with Crippen LogP contribution in [0.4, 0.5) is 5.82 Å². The van der Waals surface area contributed by atoms with Gasteiger partial charge in [0.15, 0.2) is 5.82 Å². The Hall–Kier alpha value is -2.75. The summed E-state index contributed by atoms with van der Waals surface area (Å²) in [5, 5.41) is 16.7. The minimum absolute atomic E-state index is 0.548. The fourth-order valence-corrected chi connectivity index (χ4v) is 6.85. The Kier molecular flexibility index (Phi) is 5.18. The molecule has 2 saturated heterocycles. The number of nitrogens with one attached hydrogen (secondary N) is 2. The zero-order valence-corrected chi connectivity index (χ0v) is 20.4. The molecule has 0 radical (unpaired) electrons. The van der Waals surface area contributed by atoms with Crippen molar-refractivity contribution >= 4 is 39.5 Å². The van der Waals surface area contributed by atoms with Crippen LogP contribution in [-0.4, -0.2) is 67.7 Å². The van der Waals surface area contributed by atoms with Gasteiger partial charge in [-0.15, -0.1) is 0 Å². The SMILES string of the molecule is OC1(c2cc3c(-c4nc(N5CCNCC5)c5c(C6CCC6)cncc5n4)ccnc3[nH]2)CCSC1. The monoisotopic (exact) mass is 487 g/mol. The van der Waals surface area contributed by atoms with Gasteiger partial charge < -0.3 is 20.3 Å². The molecule has 3 fully saturated rings. The summed E-state index contributed by atoms with van der Waals surface area (Å²) in [7, 11) is 0. The van der Waals surface area contributed by atoms with Crippen LogP contribution in [0.5, 0.6) is 0 Å². The van der Waals surface area contributed by atoms with E-state index >= 15 is 0 Å². The maximum Gasteiger partial charge on any atom is 0.163 e. The predicted octanol–water partition coefficient (Wildman–Crippen LogP) is 3.57. The van der Waals surface area contributed by atoms with Crippen LogP contribution in [0, 0.1) is 0 Å². The van der Waals surface area contributed by atoms with Crippen molar-refractivity contribution in [1.29, 1.82) is 0 Å². The van der Waals surface area contributed by atoms with E-state index in [4.69, 9.17) is 9.97 Å². The molecule has 1 unspecified atom stereocenters. The zero-order chi connectivity index (χ0) is 23.4. The molecule has 4 aromatic rings. The highest BCUT2D eigenvalue weighted by Gasteiger charge is 2.35. The lowest BCUT2D eigenvalue weighted by Gasteiger charge is -2.32. The van der Waals surface area contributed by atoms with E-state index in [-0.39, 0.29) is 0 Å². The number of hydrogen-bond acceptors (Lipinski definition) is 8. The average molecular weight is 488 g/mol. The molecule has 0 amide bonds. The molecule has 0 bridgehead atoms. The van der Waals surface area contributed by atoms with Crippen molar-refractivity contribution < 1.29 is 5.11 Å². The first-order valence-electron chi connectivity index (χ1n) is 12.6. The number of rotatable bonds is 4. The van der Waals surface area contributed by atoms with E-state index < -0.39 is 5.60 Å². The molecule has 180 valence electrons. The number of H-pyrrole nitrogens is 1. The lowest BCUT2D eigenvalue weighted by atomic mass is 9.79. The van der Waals surface area contributed by atoms with Crippen molar-refractivity contribution in [3.8, 4) is 11.4 Å². The maximum absolute atomic E-state index is 11.2. The molecule has 0 spiro atoms. The zero-order valence-electron chi connectivity index (χ0n) is 19.6. The molecule has 1 aliphatic carbocycles. The number of anilines is 1. The summed E-state index contributed by atoms with van der Waals surface area (Å²) in [5.74, 6) is 3.91. The number of aromatic nitrogens is 5. The summed E-state index contributed by atoms with van der Waals surface area (Å²) in [4.78, 5) is 25.2. The van der Waals surface area contributed by atoms with E-state index in [9.17, 15) is 5.11 Å². The van der Waals surface area contributed by atoms with E-state index in [1.165, 1.54) is 24.8 Å². The fourth-order valence-electron chi connectivity index (χ4n) is 5.58. The van der Waals surface area contributed by atoms with Gasteiger partial charge in [0, 0.05) is 60.7 Å². The molecule has 9 heteroatoms. The summed E-state index contributed by atoms with van der Waals surface area (Å²) < 4.78 is 0. The topological polar surface area (TPSA) is 103 Å². The Balaban J connectivity index is 1.42. The molecule has 2 aliphatic heterocycles. The van der Waals surface area contributed by atoms with Gasteiger partial charge in [0.1, 0.15) is 17.1 Å². The Labute approximate surface area is 208 Å². The van der Waals surface area contributed by atoms with E-state index in [0.717, 1.165) is 77.4 Å². The van der Waals surface area contributed by atoms with Crippen LogP contribution in [0.1, 0.15) is 42.9 Å². The minimum Gasteiger partial charge on any atom is -0.383 e. The van der Waals surface area contributed by atoms with E-state index in [0.29, 0.717) is 17.5 Å². The number of aromatic amines is 1. The third-order valence-corrected chi connectivity index (χ3v) is 9.03. The molecule has 35 heavy (non-hydrogen) atoms. The summed E-state index contributed by atoms with van der Waals surface area (Å²) in [5.41, 5.74) is 3.88. The summed E-state index contributed by atoms with van der Waals surface area (Å²) in [6.07, 6.45) is 10.2. The molecule has 6 heterocycles. The van der Waals surface area contributed by atoms with Gasteiger partial charge in [-0.2, -0.15) is 11.8 Å². The van der Waals surface area contributed by atoms with Gasteiger partial charge in [0.25, 0.3) is 0 Å². The third kappa shape index (κ3) is 3.59. The Morgan fingerprint density at radius 2 is 2.03 bits per heavy atom. The second-order valence-corrected chi connectivity index (χ2v) is 11.1. The molecule has 3 aliphatic rings.